The molecule has 3 fully saturated rings. The lowest BCUT2D eigenvalue weighted by atomic mass is 10.1. The van der Waals surface area contributed by atoms with Gasteiger partial charge in [0.15, 0.2) is 16.8 Å². The Morgan fingerprint density at radius 3 is 1.30 bits per heavy atom. The highest BCUT2D eigenvalue weighted by Crippen LogP contribution is 2.64. The van der Waals surface area contributed by atoms with Crippen LogP contribution in [0.3, 0.4) is 0 Å². The molecule has 0 aliphatic carbocycles. The van der Waals surface area contributed by atoms with Crippen molar-refractivity contribution in [2.75, 3.05) is 13.2 Å². The van der Waals surface area contributed by atoms with Gasteiger partial charge in [0.25, 0.3) is 46.9 Å². The Kier molecular flexibility index (Phi) is 24.1. The number of aliphatic hydroxyl groups excluding tert-OH is 3. The Balaban J connectivity index is 0.000000518. The fourth-order valence-electron chi connectivity index (χ4n) is 4.95. The molecule has 0 radical (unpaired) electrons. The van der Waals surface area contributed by atoms with Crippen LogP contribution in [0.1, 0.15) is 40.0 Å². The molecule has 0 aromatic heterocycles. The summed E-state index contributed by atoms with van der Waals surface area (Å²) >= 11 is 3.89. The third-order valence-corrected chi connectivity index (χ3v) is 18.6. The summed E-state index contributed by atoms with van der Waals surface area (Å²) in [6.07, 6.45) is -14.0. The Morgan fingerprint density at radius 2 is 0.986 bits per heavy atom. The van der Waals surface area contributed by atoms with Crippen molar-refractivity contribution in [3.8, 4) is 0 Å². The predicted molar refractivity (Wildman–Crippen MR) is 184 cm³/mol. The summed E-state index contributed by atoms with van der Waals surface area (Å²) in [6.45, 7) is 2.19. The van der Waals surface area contributed by atoms with Gasteiger partial charge in [-0.05, 0) is 26.3 Å². The summed E-state index contributed by atoms with van der Waals surface area (Å²) in [5.41, 5.74) is 6.27. The summed E-state index contributed by atoms with van der Waals surface area (Å²) in [5.74, 6) is 0. The van der Waals surface area contributed by atoms with Crippen molar-refractivity contribution in [2.45, 2.75) is 99.5 Å². The molecule has 0 bridgehead atoms. The highest BCUT2D eigenvalue weighted by molar-refractivity contribution is 7.81. The molecule has 3 N–H and O–H groups in total. The quantitative estimate of drug-likeness (QED) is 0.0257. The van der Waals surface area contributed by atoms with Gasteiger partial charge in [-0.1, -0.05) is 5.11 Å². The minimum absolute atomic E-state index is 0.0505. The van der Waals surface area contributed by atoms with Gasteiger partial charge in [-0.15, -0.1) is 12.6 Å². The van der Waals surface area contributed by atoms with E-state index in [2.05, 4.69) is 66.8 Å². The van der Waals surface area contributed by atoms with Crippen molar-refractivity contribution in [1.29, 1.82) is 0 Å². The molecule has 410 valence electrons. The zero-order chi connectivity index (χ0) is 54.5. The molecule has 9 unspecified atom stereocenters. The van der Waals surface area contributed by atoms with E-state index in [1.165, 1.54) is 13.8 Å². The molecular formula is C18H30F2N3O36P9S-12. The van der Waals surface area contributed by atoms with Crippen molar-refractivity contribution in [3.63, 3.8) is 0 Å². The van der Waals surface area contributed by atoms with E-state index in [1.54, 1.807) is 6.92 Å². The molecular weight excluding hydrogens is 1180 g/mol. The summed E-state index contributed by atoms with van der Waals surface area (Å²) in [7, 11) is -54.7. The van der Waals surface area contributed by atoms with E-state index in [4.69, 9.17) is 15.0 Å². The lowest BCUT2D eigenvalue weighted by Gasteiger charge is -2.38. The molecule has 3 saturated heterocycles. The Labute approximate surface area is 388 Å². The smallest absolute Gasteiger partial charge is 0.390 e. The first-order valence-corrected chi connectivity index (χ1v) is 30.4. The lowest BCUT2D eigenvalue weighted by Crippen LogP contribution is -2.43. The van der Waals surface area contributed by atoms with Gasteiger partial charge >= 0.3 is 6.11 Å². The van der Waals surface area contributed by atoms with Gasteiger partial charge in [-0.2, -0.15) is 8.78 Å². The van der Waals surface area contributed by atoms with Crippen LogP contribution in [0.4, 0.5) is 8.78 Å². The number of nitrogens with zero attached hydrogens (tertiary/aromatic N) is 3. The number of rotatable bonds is 22. The second-order valence-electron chi connectivity index (χ2n) is 13.1. The molecule has 0 aromatic rings. The first-order valence-electron chi connectivity index (χ1n) is 16.8. The number of alkyl halides is 2. The average molecular weight is 1210 g/mol. The maximum absolute atomic E-state index is 13.6. The number of hydrogen-bond donors (Lipinski definition) is 4. The normalized spacial score (nSPS) is 33.0. The van der Waals surface area contributed by atoms with Crippen LogP contribution in [0.25, 0.3) is 10.4 Å². The highest BCUT2D eigenvalue weighted by atomic mass is 32.1. The van der Waals surface area contributed by atoms with Crippen LogP contribution in [0.15, 0.2) is 5.11 Å². The SMILES string of the molecule is C[C@H]1CC(O)[C@@H](C(F)(F)OP(=O)([O-])OP(=O)([O-])OP(=O)([O-])[O-])O1.C[C@H]1CC(O)[C@@](S)(COP(=O)([O-])OP(=O)([O-])OP(=O)([O-])[O-])O1.C[C@H]1CC(O)[C@](COP(=O)([O-])OP(=O)([O-])OP(=O)([O-])[O-])(N=[N+]=[N-])O1. The van der Waals surface area contributed by atoms with Gasteiger partial charge in [-0.25, -0.2) is 12.9 Å². The number of halogens is 2. The molecule has 3 aliphatic heterocycles. The lowest BCUT2D eigenvalue weighted by molar-refractivity contribution is -0.342. The van der Waals surface area contributed by atoms with E-state index in [0.29, 0.717) is 0 Å². The molecule has 3 rings (SSSR count). The molecule has 51 heteroatoms. The van der Waals surface area contributed by atoms with Crippen molar-refractivity contribution >= 4 is 83.0 Å². The highest BCUT2D eigenvalue weighted by Gasteiger charge is 2.54. The molecule has 69 heavy (non-hydrogen) atoms. The van der Waals surface area contributed by atoms with Crippen LogP contribution in [-0.2, 0) is 94.7 Å². The van der Waals surface area contributed by atoms with Crippen LogP contribution < -0.4 is 58.7 Å². The second kappa shape index (κ2) is 24.7. The Hall–Kier alpha value is 0.510. The third kappa shape index (κ3) is 25.7. The maximum atomic E-state index is 13.6. The van der Waals surface area contributed by atoms with E-state index in [0.717, 1.165) is 0 Å². The molecule has 0 amide bonds. The van der Waals surface area contributed by atoms with Crippen LogP contribution in [0.2, 0.25) is 0 Å². The predicted octanol–water partition coefficient (Wildman–Crippen LogP) is -6.49. The van der Waals surface area contributed by atoms with Gasteiger partial charge in [0.05, 0.1) is 73.3 Å². The van der Waals surface area contributed by atoms with Gasteiger partial charge in [0, 0.05) is 24.2 Å². The number of phosphoric acid groups is 9. The summed E-state index contributed by atoms with van der Waals surface area (Å²) in [6, 6.07) is 0. The number of azide groups is 1. The molecule has 3 heterocycles. The zero-order valence-electron chi connectivity index (χ0n) is 33.5. The van der Waals surface area contributed by atoms with Crippen LogP contribution in [-0.4, -0.2) is 88.0 Å². The van der Waals surface area contributed by atoms with Crippen molar-refractivity contribution < 1.29 is 178 Å². The topological polar surface area (TPSA) is 651 Å². The van der Waals surface area contributed by atoms with Gasteiger partial charge in [-0.3, -0.25) is 44.8 Å². The number of ether oxygens (including phenoxy) is 3. The van der Waals surface area contributed by atoms with Crippen molar-refractivity contribution in [3.05, 3.63) is 10.4 Å². The minimum Gasteiger partial charge on any atom is -0.790 e. The second-order valence-corrected chi connectivity index (χ2v) is 26.5. The molecule has 39 nitrogen and oxygen atoms in total. The van der Waals surface area contributed by atoms with E-state index in [-0.39, 0.29) is 19.3 Å². The first kappa shape index (κ1) is 67.5. The average Bonchev–Trinajstić information content (AvgIpc) is 3.63. The standard InChI is InChI=1S/C6H13F2O12P3.C6H14N3O12P3.C6H15O12P3S/c1-3-2-4(9)5(17-3)6(7,8)18-22(13,14)20-23(15,16)19-21(10,11)12;1-4-2-5(10)6(19-4,8-9-7)3-18-23(14,15)21-24(16,17)20-22(11,12)13;1-4-2-5(7)6(22,16-4)3-15-20(11,12)18-21(13,14)17-19(8,9)10/h3-5,9H,2H2,1H3,(H,13,14)(H,15,16)(H2,10,11,12);4-5,10H,2-3H2,1H3,(H,14,15)(H,16,17)(H2,11,12,13);4-5,7,22H,2-3H2,1H3,(H,11,12)(H,13,14)(H2,8,9,10)/p-12/t3-,4?,5-;4-,5?,6+;4-,5?,6-/m000/s1. The van der Waals surface area contributed by atoms with E-state index < -0.39 is 143 Å². The van der Waals surface area contributed by atoms with Crippen LogP contribution >= 0.6 is 83.0 Å². The zero-order valence-corrected chi connectivity index (χ0v) is 42.4. The van der Waals surface area contributed by atoms with E-state index in [9.17, 15) is 124 Å². The van der Waals surface area contributed by atoms with E-state index >= 15 is 0 Å². The monoisotopic (exact) mass is 1210 g/mol. The summed E-state index contributed by atoms with van der Waals surface area (Å²) in [4.78, 5) is 128. The summed E-state index contributed by atoms with van der Waals surface area (Å²) in [5, 5.41) is 31.8. The number of thiol groups is 1. The number of hydrogen-bond acceptors (Lipinski definition) is 38. The fourth-order valence-corrected chi connectivity index (χ4v) is 14.1. The van der Waals surface area contributed by atoms with Gasteiger partial charge in [0.2, 0.25) is 0 Å². The minimum atomic E-state index is -6.41. The fraction of sp³-hybridized carbons (Fsp3) is 1.00. The molecule has 3 aliphatic rings. The number of phosphoric ester groups is 3. The van der Waals surface area contributed by atoms with Crippen molar-refractivity contribution in [2.24, 2.45) is 5.11 Å². The van der Waals surface area contributed by atoms with Crippen LogP contribution in [0, 0.1) is 0 Å². The van der Waals surface area contributed by atoms with E-state index in [1.807, 2.05) is 0 Å². The molecule has 0 aromatic carbocycles. The van der Waals surface area contributed by atoms with Gasteiger partial charge in [0.1, 0.15) is 0 Å². The van der Waals surface area contributed by atoms with Gasteiger partial charge < -0.3 is 111 Å². The van der Waals surface area contributed by atoms with Crippen molar-refractivity contribution in [1.82, 2.24) is 0 Å². The molecule has 0 saturated carbocycles. The maximum Gasteiger partial charge on any atom is 0.390 e. The largest absolute Gasteiger partial charge is 0.790 e. The van der Waals surface area contributed by atoms with Crippen LogP contribution in [0.5, 0.6) is 0 Å². The summed E-state index contributed by atoms with van der Waals surface area (Å²) < 4.78 is 169. The Morgan fingerprint density at radius 1 is 0.609 bits per heavy atom. The molecule has 15 atom stereocenters. The number of aliphatic hydroxyl groups is 3. The Bertz CT molecular complexity index is 2280. The third-order valence-electron chi connectivity index (χ3n) is 7.10. The molecule has 0 spiro atoms. The first-order chi connectivity index (χ1) is 30.4.